The Bertz CT molecular complexity index is 833. The van der Waals surface area contributed by atoms with Gasteiger partial charge >= 0.3 is 0 Å². The number of aryl methyl sites for hydroxylation is 2. The van der Waals surface area contributed by atoms with E-state index in [-0.39, 0.29) is 12.0 Å². The minimum Gasteiger partial charge on any atom is -0.369 e. The Hall–Kier alpha value is -2.24. The first-order chi connectivity index (χ1) is 14.0. The predicted octanol–water partition coefficient (Wildman–Crippen LogP) is 3.53. The molecule has 2 aromatic rings. The van der Waals surface area contributed by atoms with Crippen molar-refractivity contribution in [3.8, 4) is 0 Å². The quantitative estimate of drug-likeness (QED) is 0.719. The molecule has 0 saturated carbocycles. The van der Waals surface area contributed by atoms with E-state index in [1.54, 1.807) is 0 Å². The molecule has 1 aliphatic rings. The summed E-state index contributed by atoms with van der Waals surface area (Å²) in [6, 6.07) is 12.8. The zero-order valence-corrected chi connectivity index (χ0v) is 18.1. The van der Waals surface area contributed by atoms with Gasteiger partial charge in [-0.1, -0.05) is 24.3 Å². The molecule has 1 atom stereocenters. The van der Waals surface area contributed by atoms with Gasteiger partial charge in [0.05, 0.1) is 18.8 Å². The fraction of sp³-hybridized carbons (Fsp3) is 0.500. The monoisotopic (exact) mass is 395 g/mol. The third-order valence-corrected chi connectivity index (χ3v) is 5.64. The van der Waals surface area contributed by atoms with Crippen LogP contribution in [0, 0.1) is 13.8 Å². The van der Waals surface area contributed by atoms with Crippen molar-refractivity contribution < 1.29 is 9.53 Å². The maximum Gasteiger partial charge on any atom is 0.236 e. The molecule has 1 aromatic carbocycles. The van der Waals surface area contributed by atoms with Gasteiger partial charge in [-0.3, -0.25) is 14.7 Å². The summed E-state index contributed by atoms with van der Waals surface area (Å²) in [7, 11) is 0. The Morgan fingerprint density at radius 3 is 2.69 bits per heavy atom. The van der Waals surface area contributed by atoms with Crippen LogP contribution >= 0.6 is 0 Å². The van der Waals surface area contributed by atoms with E-state index >= 15 is 0 Å². The molecule has 0 bridgehead atoms. The van der Waals surface area contributed by atoms with E-state index in [1.165, 1.54) is 16.7 Å². The fourth-order valence-corrected chi connectivity index (χ4v) is 3.96. The molecule has 3 rings (SSSR count). The Morgan fingerprint density at radius 2 is 1.97 bits per heavy atom. The average molecular weight is 396 g/mol. The van der Waals surface area contributed by atoms with Crippen molar-refractivity contribution in [2.75, 3.05) is 39.3 Å². The average Bonchev–Trinajstić information content (AvgIpc) is 2.70. The first kappa shape index (κ1) is 21.5. The summed E-state index contributed by atoms with van der Waals surface area (Å²) in [6.07, 6.45) is 0.795. The van der Waals surface area contributed by atoms with Crippen LogP contribution in [0.3, 0.4) is 0 Å². The molecular weight excluding hydrogens is 362 g/mol. The molecule has 1 saturated heterocycles. The number of benzene rings is 1. The van der Waals surface area contributed by atoms with E-state index < -0.39 is 0 Å². The number of aromatic nitrogens is 1. The third-order valence-electron chi connectivity index (χ3n) is 5.64. The molecule has 29 heavy (non-hydrogen) atoms. The smallest absolute Gasteiger partial charge is 0.236 e. The van der Waals surface area contributed by atoms with E-state index in [1.807, 2.05) is 25.7 Å². The zero-order valence-electron chi connectivity index (χ0n) is 18.1. The summed E-state index contributed by atoms with van der Waals surface area (Å²) < 4.78 is 6.04. The van der Waals surface area contributed by atoms with Gasteiger partial charge in [-0.2, -0.15) is 0 Å². The molecule has 0 aliphatic carbocycles. The summed E-state index contributed by atoms with van der Waals surface area (Å²) in [6.45, 7) is 12.3. The molecule has 0 N–H and O–H groups in total. The van der Waals surface area contributed by atoms with Crippen molar-refractivity contribution in [3.63, 3.8) is 0 Å². The minimum absolute atomic E-state index is 0.0937. The molecule has 1 fully saturated rings. The molecule has 0 radical (unpaired) electrons. The molecule has 1 amide bonds. The lowest BCUT2D eigenvalue weighted by atomic mass is 9.99. The number of likely N-dealkylation sites (N-methyl/N-ethyl adjacent to an activating group) is 1. The topological polar surface area (TPSA) is 45.7 Å². The lowest BCUT2D eigenvalue weighted by Gasteiger charge is -2.33. The lowest BCUT2D eigenvalue weighted by Crippen LogP contribution is -2.45. The second-order valence-electron chi connectivity index (χ2n) is 7.81. The molecule has 0 unspecified atom stereocenters. The molecule has 5 nitrogen and oxygen atoms in total. The Labute approximate surface area is 174 Å². The molecule has 5 heteroatoms. The van der Waals surface area contributed by atoms with E-state index in [0.29, 0.717) is 19.7 Å². The maximum atomic E-state index is 12.5. The summed E-state index contributed by atoms with van der Waals surface area (Å²) in [5.41, 5.74) is 5.86. The molecule has 1 aromatic heterocycles. The highest BCUT2D eigenvalue weighted by Gasteiger charge is 2.26. The van der Waals surface area contributed by atoms with Gasteiger partial charge in [0.2, 0.25) is 5.91 Å². The Kier molecular flexibility index (Phi) is 7.40. The van der Waals surface area contributed by atoms with Crippen LogP contribution in [-0.4, -0.2) is 60.0 Å². The Balaban J connectivity index is 1.72. The number of carbonyl (C=O) groups excluding carboxylic acids is 1. The molecule has 2 heterocycles. The van der Waals surface area contributed by atoms with Crippen molar-refractivity contribution in [3.05, 3.63) is 64.5 Å². The SMILES string of the molecule is CCN(CC)C(=O)CN1CCO[C@@H](c2cc(Cc3ccccc3C)cc(C)n2)C1. The maximum absolute atomic E-state index is 12.5. The normalized spacial score (nSPS) is 17.3. The third kappa shape index (κ3) is 5.64. The fourth-order valence-electron chi connectivity index (χ4n) is 3.96. The van der Waals surface area contributed by atoms with Gasteiger partial charge < -0.3 is 9.64 Å². The first-order valence-electron chi connectivity index (χ1n) is 10.6. The second-order valence-corrected chi connectivity index (χ2v) is 7.81. The molecule has 0 spiro atoms. The highest BCUT2D eigenvalue weighted by Crippen LogP contribution is 2.24. The highest BCUT2D eigenvalue weighted by atomic mass is 16.5. The summed E-state index contributed by atoms with van der Waals surface area (Å²) in [5, 5.41) is 0. The van der Waals surface area contributed by atoms with Crippen molar-refractivity contribution in [1.82, 2.24) is 14.8 Å². The minimum atomic E-state index is -0.0937. The van der Waals surface area contributed by atoms with E-state index in [0.717, 1.165) is 37.4 Å². The Morgan fingerprint density at radius 1 is 1.21 bits per heavy atom. The van der Waals surface area contributed by atoms with Gasteiger partial charge in [0.1, 0.15) is 6.10 Å². The number of nitrogens with zero attached hydrogens (tertiary/aromatic N) is 3. The number of rotatable bonds is 7. The van der Waals surface area contributed by atoms with Crippen LogP contribution in [0.5, 0.6) is 0 Å². The van der Waals surface area contributed by atoms with Gasteiger partial charge in [0, 0.05) is 31.9 Å². The van der Waals surface area contributed by atoms with Gasteiger partial charge in [0.25, 0.3) is 0 Å². The number of ether oxygens (including phenoxy) is 1. The number of amides is 1. The van der Waals surface area contributed by atoms with Crippen LogP contribution in [-0.2, 0) is 16.0 Å². The van der Waals surface area contributed by atoms with Gasteiger partial charge in [0.15, 0.2) is 0 Å². The van der Waals surface area contributed by atoms with Crippen molar-refractivity contribution in [1.29, 1.82) is 0 Å². The number of carbonyl (C=O) groups is 1. The van der Waals surface area contributed by atoms with Crippen molar-refractivity contribution in [2.24, 2.45) is 0 Å². The standard InChI is InChI=1S/C24H33N3O2/c1-5-27(6-2)24(28)17-26-11-12-29-23(16-26)22-15-20(13-19(4)25-22)14-21-10-8-7-9-18(21)3/h7-10,13,15,23H,5-6,11-12,14,16-17H2,1-4H3/t23-/m1/s1. The van der Waals surface area contributed by atoms with E-state index in [9.17, 15) is 4.79 Å². The van der Waals surface area contributed by atoms with E-state index in [2.05, 4.69) is 48.2 Å². The van der Waals surface area contributed by atoms with Crippen LogP contribution in [0.15, 0.2) is 36.4 Å². The first-order valence-corrected chi connectivity index (χ1v) is 10.6. The summed E-state index contributed by atoms with van der Waals surface area (Å²) in [5.74, 6) is 0.188. The van der Waals surface area contributed by atoms with Crippen LogP contribution in [0.4, 0.5) is 0 Å². The molecule has 1 aliphatic heterocycles. The molecular formula is C24H33N3O2. The lowest BCUT2D eigenvalue weighted by molar-refractivity contribution is -0.134. The van der Waals surface area contributed by atoms with Gasteiger partial charge in [-0.05, 0) is 62.9 Å². The number of hydrogen-bond acceptors (Lipinski definition) is 4. The van der Waals surface area contributed by atoms with Gasteiger partial charge in [-0.25, -0.2) is 0 Å². The largest absolute Gasteiger partial charge is 0.369 e. The van der Waals surface area contributed by atoms with Crippen molar-refractivity contribution >= 4 is 5.91 Å². The highest BCUT2D eigenvalue weighted by molar-refractivity contribution is 5.78. The van der Waals surface area contributed by atoms with Crippen molar-refractivity contribution in [2.45, 2.75) is 40.2 Å². The van der Waals surface area contributed by atoms with Crippen LogP contribution in [0.2, 0.25) is 0 Å². The zero-order chi connectivity index (χ0) is 20.8. The number of morpholine rings is 1. The second kappa shape index (κ2) is 9.99. The van der Waals surface area contributed by atoms with Gasteiger partial charge in [-0.15, -0.1) is 0 Å². The van der Waals surface area contributed by atoms with E-state index in [4.69, 9.17) is 9.72 Å². The number of pyridine rings is 1. The van der Waals surface area contributed by atoms with Crippen LogP contribution < -0.4 is 0 Å². The number of hydrogen-bond donors (Lipinski definition) is 0. The predicted molar refractivity (Wildman–Crippen MR) is 116 cm³/mol. The molecule has 156 valence electrons. The van der Waals surface area contributed by atoms with Crippen LogP contribution in [0.1, 0.15) is 48.0 Å². The van der Waals surface area contributed by atoms with Crippen LogP contribution in [0.25, 0.3) is 0 Å². The summed E-state index contributed by atoms with van der Waals surface area (Å²) >= 11 is 0. The summed E-state index contributed by atoms with van der Waals surface area (Å²) in [4.78, 5) is 21.3.